The zero-order valence-electron chi connectivity index (χ0n) is 12.3. The summed E-state index contributed by atoms with van der Waals surface area (Å²) in [5.41, 5.74) is 0.586. The molecule has 0 saturated carbocycles. The molecule has 3 aromatic rings. The molecule has 0 aliphatic heterocycles. The number of rotatable bonds is 6. The van der Waals surface area contributed by atoms with Gasteiger partial charge in [-0.15, -0.1) is 10.2 Å². The molecule has 0 saturated heterocycles. The Kier molecular flexibility index (Phi) is 5.64. The Morgan fingerprint density at radius 2 is 2.08 bits per heavy atom. The fourth-order valence-corrected chi connectivity index (χ4v) is 4.07. The lowest BCUT2D eigenvalue weighted by Crippen LogP contribution is -2.17. The molecular formula is C15H12BrFN4OS2. The molecule has 124 valence electrons. The maximum absolute atomic E-state index is 13.9. The minimum absolute atomic E-state index is 0.170. The summed E-state index contributed by atoms with van der Waals surface area (Å²) in [6.07, 6.45) is 3.63. The summed E-state index contributed by atoms with van der Waals surface area (Å²) in [4.78, 5) is 11.9. The van der Waals surface area contributed by atoms with Gasteiger partial charge in [0.25, 0.3) is 0 Å². The smallest absolute Gasteiger partial charge is 0.246 e. The number of hydrogen-bond acceptors (Lipinski definition) is 5. The Morgan fingerprint density at radius 1 is 1.29 bits per heavy atom. The van der Waals surface area contributed by atoms with Crippen molar-refractivity contribution in [1.82, 2.24) is 14.8 Å². The van der Waals surface area contributed by atoms with E-state index in [1.165, 1.54) is 23.1 Å². The van der Waals surface area contributed by atoms with Gasteiger partial charge in [0, 0.05) is 18.1 Å². The minimum Gasteiger partial charge on any atom is -0.345 e. The van der Waals surface area contributed by atoms with Gasteiger partial charge in [-0.05, 0) is 39.7 Å². The lowest BCUT2D eigenvalue weighted by atomic mass is 10.2. The van der Waals surface area contributed by atoms with Crippen molar-refractivity contribution in [1.29, 1.82) is 0 Å². The second-order valence-electron chi connectivity index (χ2n) is 4.78. The van der Waals surface area contributed by atoms with E-state index in [1.54, 1.807) is 22.8 Å². The van der Waals surface area contributed by atoms with Crippen LogP contribution in [0.3, 0.4) is 0 Å². The first-order valence-corrected chi connectivity index (χ1v) is 9.51. The fraction of sp³-hybridized carbons (Fsp3) is 0.133. The quantitative estimate of drug-likeness (QED) is 0.474. The first kappa shape index (κ1) is 17.1. The lowest BCUT2D eigenvalue weighted by Gasteiger charge is -2.02. The lowest BCUT2D eigenvalue weighted by molar-refractivity contribution is -0.116. The van der Waals surface area contributed by atoms with Gasteiger partial charge < -0.3 is 4.57 Å². The number of anilines is 1. The Morgan fingerprint density at radius 3 is 2.88 bits per heavy atom. The zero-order chi connectivity index (χ0) is 16.9. The van der Waals surface area contributed by atoms with Gasteiger partial charge in [0.2, 0.25) is 11.0 Å². The highest BCUT2D eigenvalue weighted by atomic mass is 79.9. The number of carbonyl (C=O) groups excluding carboxylic acids is 1. The van der Waals surface area contributed by atoms with Crippen molar-refractivity contribution in [3.05, 3.63) is 58.6 Å². The van der Waals surface area contributed by atoms with Crippen LogP contribution in [0, 0.1) is 5.82 Å². The summed E-state index contributed by atoms with van der Waals surface area (Å²) >= 11 is 5.81. The molecule has 0 radical (unpaired) electrons. The molecule has 24 heavy (non-hydrogen) atoms. The van der Waals surface area contributed by atoms with E-state index in [0.717, 1.165) is 0 Å². The van der Waals surface area contributed by atoms with Crippen LogP contribution in [0.2, 0.25) is 0 Å². The molecule has 0 unspecified atom stereocenters. The van der Waals surface area contributed by atoms with Crippen LogP contribution in [-0.2, 0) is 17.1 Å². The Balaban J connectivity index is 1.55. The molecule has 2 aromatic heterocycles. The number of thioether (sulfide) groups is 1. The van der Waals surface area contributed by atoms with Gasteiger partial charge in [0.1, 0.15) is 12.4 Å². The van der Waals surface area contributed by atoms with Crippen molar-refractivity contribution in [2.75, 3.05) is 5.32 Å². The number of aromatic nitrogens is 3. The topological polar surface area (TPSA) is 59.8 Å². The van der Waals surface area contributed by atoms with E-state index in [-0.39, 0.29) is 18.3 Å². The largest absolute Gasteiger partial charge is 0.345 e. The molecule has 5 nitrogen and oxygen atoms in total. The summed E-state index contributed by atoms with van der Waals surface area (Å²) in [5.74, 6) is 0.00344. The van der Waals surface area contributed by atoms with Crippen LogP contribution < -0.4 is 5.32 Å². The van der Waals surface area contributed by atoms with Crippen LogP contribution in [-0.4, -0.2) is 20.7 Å². The van der Waals surface area contributed by atoms with Crippen LogP contribution >= 0.6 is 39.0 Å². The maximum atomic E-state index is 13.9. The highest BCUT2D eigenvalue weighted by Gasteiger charge is 2.11. The molecule has 1 aromatic carbocycles. The van der Waals surface area contributed by atoms with Crippen LogP contribution in [0.15, 0.2) is 51.5 Å². The first-order valence-electron chi connectivity index (χ1n) is 6.91. The van der Waals surface area contributed by atoms with Gasteiger partial charge in [-0.2, -0.15) is 0 Å². The van der Waals surface area contributed by atoms with Crippen LogP contribution in [0.1, 0.15) is 5.56 Å². The number of nitrogens with one attached hydrogen (secondary N) is 1. The first-order chi connectivity index (χ1) is 11.6. The number of benzene rings is 1. The molecule has 0 atom stereocenters. The van der Waals surface area contributed by atoms with Crippen molar-refractivity contribution < 1.29 is 9.18 Å². The molecule has 3 rings (SSSR count). The van der Waals surface area contributed by atoms with E-state index in [1.807, 2.05) is 24.5 Å². The minimum atomic E-state index is -0.269. The molecule has 1 amide bonds. The third-order valence-electron chi connectivity index (χ3n) is 3.03. The second-order valence-corrected chi connectivity index (χ2v) is 7.83. The monoisotopic (exact) mass is 426 g/mol. The third kappa shape index (κ3) is 4.43. The molecule has 0 aliphatic carbocycles. The summed E-state index contributed by atoms with van der Waals surface area (Å²) < 4.78 is 16.8. The normalized spacial score (nSPS) is 10.8. The van der Waals surface area contributed by atoms with E-state index in [9.17, 15) is 9.18 Å². The van der Waals surface area contributed by atoms with Gasteiger partial charge in [-0.3, -0.25) is 10.1 Å². The van der Waals surface area contributed by atoms with Crippen molar-refractivity contribution in [2.24, 2.45) is 0 Å². The molecular weight excluding hydrogens is 415 g/mol. The Bertz CT molecular complexity index is 838. The number of amides is 1. The average Bonchev–Trinajstić information content (AvgIpc) is 3.21. The standard InChI is InChI=1S/C15H12BrFN4OS2/c16-11-5-3-4-10(13(11)17)9-23-15-20-19-14(24-15)18-12(22)8-21-6-1-2-7-21/h1-7H,8-9H2,(H,18,19,22). The highest BCUT2D eigenvalue weighted by Crippen LogP contribution is 2.30. The summed E-state index contributed by atoms with van der Waals surface area (Å²) in [6.45, 7) is 0.221. The SMILES string of the molecule is O=C(Cn1cccc1)Nc1nnc(SCc2cccc(Br)c2F)s1. The molecule has 9 heteroatoms. The van der Waals surface area contributed by atoms with E-state index in [0.29, 0.717) is 25.3 Å². The molecule has 0 aliphatic rings. The molecule has 0 spiro atoms. The average molecular weight is 427 g/mol. The molecule has 2 heterocycles. The van der Waals surface area contributed by atoms with E-state index >= 15 is 0 Å². The van der Waals surface area contributed by atoms with Crippen LogP contribution in [0.5, 0.6) is 0 Å². The summed E-state index contributed by atoms with van der Waals surface area (Å²) in [7, 11) is 0. The van der Waals surface area contributed by atoms with Gasteiger partial charge in [0.15, 0.2) is 4.34 Å². The number of nitrogens with zero attached hydrogens (tertiary/aromatic N) is 3. The summed E-state index contributed by atoms with van der Waals surface area (Å²) in [5, 5.41) is 11.1. The number of carbonyl (C=O) groups is 1. The highest BCUT2D eigenvalue weighted by molar-refractivity contribution is 9.10. The van der Waals surface area contributed by atoms with Gasteiger partial charge in [0.05, 0.1) is 4.47 Å². The van der Waals surface area contributed by atoms with Gasteiger partial charge >= 0.3 is 0 Å². The number of halogens is 2. The third-order valence-corrected chi connectivity index (χ3v) is 5.66. The number of hydrogen-bond donors (Lipinski definition) is 1. The van der Waals surface area contributed by atoms with E-state index in [4.69, 9.17) is 0 Å². The van der Waals surface area contributed by atoms with Crippen molar-refractivity contribution in [3.63, 3.8) is 0 Å². The van der Waals surface area contributed by atoms with Gasteiger partial charge in [-0.25, -0.2) is 4.39 Å². The summed E-state index contributed by atoms with van der Waals surface area (Å²) in [6, 6.07) is 8.89. The van der Waals surface area contributed by atoms with Crippen molar-refractivity contribution >= 4 is 50.1 Å². The van der Waals surface area contributed by atoms with Crippen LogP contribution in [0.25, 0.3) is 0 Å². The zero-order valence-corrected chi connectivity index (χ0v) is 15.5. The van der Waals surface area contributed by atoms with Gasteiger partial charge in [-0.1, -0.05) is 35.2 Å². The van der Waals surface area contributed by atoms with E-state index in [2.05, 4.69) is 31.4 Å². The van der Waals surface area contributed by atoms with E-state index < -0.39 is 0 Å². The van der Waals surface area contributed by atoms with Crippen molar-refractivity contribution in [3.8, 4) is 0 Å². The fourth-order valence-electron chi connectivity index (χ4n) is 1.92. The predicted molar refractivity (Wildman–Crippen MR) is 96.6 cm³/mol. The second kappa shape index (κ2) is 7.91. The molecule has 1 N–H and O–H groups in total. The predicted octanol–water partition coefficient (Wildman–Crippen LogP) is 4.17. The van der Waals surface area contributed by atoms with Crippen LogP contribution in [0.4, 0.5) is 9.52 Å². The Labute approximate surface area is 154 Å². The maximum Gasteiger partial charge on any atom is 0.246 e. The van der Waals surface area contributed by atoms with Crippen molar-refractivity contribution in [2.45, 2.75) is 16.6 Å². The Hall–Kier alpha value is -1.71. The molecule has 0 bridgehead atoms. The molecule has 0 fully saturated rings.